The van der Waals surface area contributed by atoms with E-state index in [2.05, 4.69) is 22.9 Å². The number of hydrogen-bond donors (Lipinski definition) is 0. The van der Waals surface area contributed by atoms with E-state index in [1.165, 1.54) is 11.6 Å². The van der Waals surface area contributed by atoms with E-state index in [9.17, 15) is 10.1 Å². The molecule has 0 radical (unpaired) electrons. The first-order chi connectivity index (χ1) is 9.60. The van der Waals surface area contributed by atoms with Gasteiger partial charge in [0.25, 0.3) is 5.69 Å². The maximum Gasteiger partial charge on any atom is 0.283 e. The average molecular weight is 336 g/mol. The molecular weight excluding hydrogens is 322 g/mol. The summed E-state index contributed by atoms with van der Waals surface area (Å²) in [4.78, 5) is 10.4. The molecule has 4 nitrogen and oxygen atoms in total. The van der Waals surface area contributed by atoms with E-state index in [-0.39, 0.29) is 5.69 Å². The molecule has 0 amide bonds. The van der Waals surface area contributed by atoms with Crippen molar-refractivity contribution in [3.8, 4) is 5.75 Å². The van der Waals surface area contributed by atoms with Crippen LogP contribution in [0.3, 0.4) is 0 Å². The maximum atomic E-state index is 10.9. The zero-order valence-corrected chi connectivity index (χ0v) is 12.6. The molecule has 0 unspecified atom stereocenters. The van der Waals surface area contributed by atoms with Crippen LogP contribution in [-0.4, -0.2) is 4.92 Å². The van der Waals surface area contributed by atoms with Gasteiger partial charge in [-0.15, -0.1) is 0 Å². The van der Waals surface area contributed by atoms with Crippen molar-refractivity contribution >= 4 is 21.6 Å². The first kappa shape index (κ1) is 14.5. The molecule has 0 aliphatic heterocycles. The van der Waals surface area contributed by atoms with Gasteiger partial charge >= 0.3 is 0 Å². The van der Waals surface area contributed by atoms with Crippen LogP contribution >= 0.6 is 15.9 Å². The monoisotopic (exact) mass is 335 g/mol. The summed E-state index contributed by atoms with van der Waals surface area (Å²) in [5, 5.41) is 10.9. The van der Waals surface area contributed by atoms with Crippen molar-refractivity contribution in [2.75, 3.05) is 0 Å². The predicted molar refractivity (Wildman–Crippen MR) is 80.9 cm³/mol. The summed E-state index contributed by atoms with van der Waals surface area (Å²) in [6.07, 6.45) is 0.985. The van der Waals surface area contributed by atoms with E-state index in [0.29, 0.717) is 11.1 Å². The van der Waals surface area contributed by atoms with E-state index in [0.717, 1.165) is 17.7 Å². The highest BCUT2D eigenvalue weighted by atomic mass is 79.9. The van der Waals surface area contributed by atoms with E-state index in [4.69, 9.17) is 4.74 Å². The van der Waals surface area contributed by atoms with Gasteiger partial charge in [0.05, 0.1) is 9.40 Å². The second-order valence-corrected chi connectivity index (χ2v) is 5.18. The maximum absolute atomic E-state index is 10.9. The Morgan fingerprint density at radius 1 is 1.15 bits per heavy atom. The third-order valence-electron chi connectivity index (χ3n) is 2.94. The van der Waals surface area contributed by atoms with Gasteiger partial charge in [0, 0.05) is 6.07 Å². The van der Waals surface area contributed by atoms with Gasteiger partial charge in [0.15, 0.2) is 0 Å². The lowest BCUT2D eigenvalue weighted by atomic mass is 10.2. The average Bonchev–Trinajstić information content (AvgIpc) is 2.46. The normalized spacial score (nSPS) is 10.3. The Morgan fingerprint density at radius 3 is 2.40 bits per heavy atom. The zero-order valence-electron chi connectivity index (χ0n) is 11.0. The molecule has 2 aromatic rings. The molecule has 0 atom stereocenters. The second kappa shape index (κ2) is 6.52. The highest BCUT2D eigenvalue weighted by Gasteiger charge is 2.12. The number of nitrogens with zero attached hydrogens (tertiary/aromatic N) is 1. The number of ether oxygens (including phenoxy) is 1. The Bertz CT molecular complexity index is 611. The minimum Gasteiger partial charge on any atom is -0.489 e. The molecule has 0 heterocycles. The van der Waals surface area contributed by atoms with E-state index in [1.54, 1.807) is 12.1 Å². The van der Waals surface area contributed by atoms with Gasteiger partial charge < -0.3 is 4.74 Å². The van der Waals surface area contributed by atoms with Crippen LogP contribution in [0.15, 0.2) is 46.9 Å². The van der Waals surface area contributed by atoms with Crippen LogP contribution in [0.2, 0.25) is 0 Å². The summed E-state index contributed by atoms with van der Waals surface area (Å²) >= 11 is 3.16. The molecule has 0 aliphatic rings. The lowest BCUT2D eigenvalue weighted by Crippen LogP contribution is -1.97. The van der Waals surface area contributed by atoms with Crippen molar-refractivity contribution in [1.82, 2.24) is 0 Å². The summed E-state index contributed by atoms with van der Waals surface area (Å²) in [5.74, 6) is 0.757. The standard InChI is InChI=1S/C15H14BrNO3/c1-2-11-3-6-13(7-4-11)20-10-12-5-8-14(16)15(9-12)17(18)19/h3-9H,2,10H2,1H3. The van der Waals surface area contributed by atoms with Crippen LogP contribution in [0.1, 0.15) is 18.1 Å². The number of nitro groups is 1. The van der Waals surface area contributed by atoms with Crippen molar-refractivity contribution in [2.24, 2.45) is 0 Å². The first-order valence-electron chi connectivity index (χ1n) is 6.24. The Balaban J connectivity index is 2.06. The number of aryl methyl sites for hydroxylation is 1. The fourth-order valence-corrected chi connectivity index (χ4v) is 2.17. The lowest BCUT2D eigenvalue weighted by molar-refractivity contribution is -0.385. The van der Waals surface area contributed by atoms with Crippen LogP contribution < -0.4 is 4.74 Å². The summed E-state index contributed by atoms with van der Waals surface area (Å²) in [6.45, 7) is 2.40. The number of rotatable bonds is 5. The highest BCUT2D eigenvalue weighted by Crippen LogP contribution is 2.26. The molecule has 2 rings (SSSR count). The molecule has 5 heteroatoms. The van der Waals surface area contributed by atoms with E-state index in [1.807, 2.05) is 24.3 Å². The van der Waals surface area contributed by atoms with Gasteiger partial charge in [-0.1, -0.05) is 25.1 Å². The van der Waals surface area contributed by atoms with Crippen LogP contribution in [0, 0.1) is 10.1 Å². The number of halogens is 1. The summed E-state index contributed by atoms with van der Waals surface area (Å²) in [6, 6.07) is 12.8. The highest BCUT2D eigenvalue weighted by molar-refractivity contribution is 9.10. The zero-order chi connectivity index (χ0) is 14.5. The van der Waals surface area contributed by atoms with Gasteiger partial charge in [-0.3, -0.25) is 10.1 Å². The van der Waals surface area contributed by atoms with Crippen LogP contribution in [0.25, 0.3) is 0 Å². The molecule has 0 bridgehead atoms. The molecule has 104 valence electrons. The van der Waals surface area contributed by atoms with Crippen molar-refractivity contribution in [3.05, 3.63) is 68.2 Å². The van der Waals surface area contributed by atoms with Gasteiger partial charge in [0.2, 0.25) is 0 Å². The van der Waals surface area contributed by atoms with E-state index < -0.39 is 4.92 Å². The van der Waals surface area contributed by atoms with Gasteiger partial charge in [-0.05, 0) is 51.7 Å². The van der Waals surface area contributed by atoms with Gasteiger partial charge in [-0.25, -0.2) is 0 Å². The first-order valence-corrected chi connectivity index (χ1v) is 7.04. The second-order valence-electron chi connectivity index (χ2n) is 4.33. The number of nitro benzene ring substituents is 1. The molecule has 0 aliphatic carbocycles. The third kappa shape index (κ3) is 3.57. The van der Waals surface area contributed by atoms with Gasteiger partial charge in [-0.2, -0.15) is 0 Å². The SMILES string of the molecule is CCc1ccc(OCc2ccc(Br)c([N+](=O)[O-])c2)cc1. The lowest BCUT2D eigenvalue weighted by Gasteiger charge is -2.07. The van der Waals surface area contributed by atoms with Crippen molar-refractivity contribution < 1.29 is 9.66 Å². The largest absolute Gasteiger partial charge is 0.489 e. The van der Waals surface area contributed by atoms with Crippen molar-refractivity contribution in [3.63, 3.8) is 0 Å². The minimum absolute atomic E-state index is 0.0485. The topological polar surface area (TPSA) is 52.4 Å². The molecule has 0 N–H and O–H groups in total. The number of benzene rings is 2. The minimum atomic E-state index is -0.413. The predicted octanol–water partition coefficient (Wildman–Crippen LogP) is 4.50. The molecule has 0 saturated heterocycles. The Morgan fingerprint density at radius 2 is 1.80 bits per heavy atom. The summed E-state index contributed by atoms with van der Waals surface area (Å²) in [5.41, 5.74) is 2.06. The van der Waals surface area contributed by atoms with Crippen LogP contribution in [-0.2, 0) is 13.0 Å². The molecule has 0 saturated carbocycles. The van der Waals surface area contributed by atoms with Crippen LogP contribution in [0.4, 0.5) is 5.69 Å². The smallest absolute Gasteiger partial charge is 0.283 e. The number of hydrogen-bond acceptors (Lipinski definition) is 3. The molecule has 0 fully saturated rings. The molecule has 20 heavy (non-hydrogen) atoms. The van der Waals surface area contributed by atoms with Crippen molar-refractivity contribution in [1.29, 1.82) is 0 Å². The van der Waals surface area contributed by atoms with Crippen LogP contribution in [0.5, 0.6) is 5.75 Å². The summed E-state index contributed by atoms with van der Waals surface area (Å²) in [7, 11) is 0. The molecular formula is C15H14BrNO3. The fourth-order valence-electron chi connectivity index (χ4n) is 1.78. The Labute approximate surface area is 125 Å². The quantitative estimate of drug-likeness (QED) is 0.597. The third-order valence-corrected chi connectivity index (χ3v) is 3.61. The Hall–Kier alpha value is -1.88. The molecule has 0 aromatic heterocycles. The fraction of sp³-hybridized carbons (Fsp3) is 0.200. The molecule has 2 aromatic carbocycles. The van der Waals surface area contributed by atoms with E-state index >= 15 is 0 Å². The van der Waals surface area contributed by atoms with Crippen molar-refractivity contribution in [2.45, 2.75) is 20.0 Å². The summed E-state index contributed by atoms with van der Waals surface area (Å²) < 4.78 is 6.10. The Kier molecular flexibility index (Phi) is 4.74. The van der Waals surface area contributed by atoms with Gasteiger partial charge in [0.1, 0.15) is 12.4 Å². The molecule has 0 spiro atoms.